The van der Waals surface area contributed by atoms with Crippen molar-refractivity contribution in [2.45, 2.75) is 51.9 Å². The standard InChI is InChI=1S/C32H31FN8O3/c1-18-10-21-13-28(38-41(21)17-35-18)36-26-14-25(37-39(4)30(26)43)22-6-5-7-27(23(22)15-42)40-9-8-19-11-20(32(2,3)16-34)12-24(33)29(19)31(40)44/h5-9,11-14,18,35,42H,10,15,17H2,1-4H3,(H,36,38). The summed E-state index contributed by atoms with van der Waals surface area (Å²) in [4.78, 5) is 26.7. The molecule has 11 nitrogen and oxygen atoms in total. The molecule has 44 heavy (non-hydrogen) atoms. The molecular weight excluding hydrogens is 563 g/mol. The van der Waals surface area contributed by atoms with Crippen LogP contribution in [0.3, 0.4) is 0 Å². The van der Waals surface area contributed by atoms with Crippen molar-refractivity contribution in [3.8, 4) is 23.0 Å². The highest BCUT2D eigenvalue weighted by Crippen LogP contribution is 2.30. The average Bonchev–Trinajstić information content (AvgIpc) is 3.40. The van der Waals surface area contributed by atoms with E-state index in [9.17, 15) is 20.0 Å². The number of hydrogen-bond acceptors (Lipinski definition) is 8. The van der Waals surface area contributed by atoms with Gasteiger partial charge in [0.1, 0.15) is 11.5 Å². The minimum atomic E-state index is -0.939. The number of benzene rings is 2. The van der Waals surface area contributed by atoms with Crippen LogP contribution >= 0.6 is 0 Å². The summed E-state index contributed by atoms with van der Waals surface area (Å²) in [5.74, 6) is -0.212. The molecule has 0 saturated heterocycles. The number of aromatic nitrogens is 5. The number of fused-ring (bicyclic) bond motifs is 2. The Bertz CT molecular complexity index is 2100. The van der Waals surface area contributed by atoms with Gasteiger partial charge >= 0.3 is 0 Å². The third kappa shape index (κ3) is 4.96. The maximum atomic E-state index is 15.4. The zero-order chi connectivity index (χ0) is 31.3. The molecule has 0 spiro atoms. The van der Waals surface area contributed by atoms with Crippen LogP contribution in [0.2, 0.25) is 0 Å². The topological polar surface area (TPSA) is 143 Å². The highest BCUT2D eigenvalue weighted by molar-refractivity contribution is 5.84. The van der Waals surface area contributed by atoms with E-state index < -0.39 is 23.4 Å². The smallest absolute Gasteiger partial charge is 0.290 e. The summed E-state index contributed by atoms with van der Waals surface area (Å²) in [6.45, 7) is 5.57. The molecule has 0 fully saturated rings. The number of nitrogens with one attached hydrogen (secondary N) is 2. The van der Waals surface area contributed by atoms with E-state index in [1.807, 2.05) is 10.7 Å². The van der Waals surface area contributed by atoms with Gasteiger partial charge in [0.2, 0.25) is 0 Å². The van der Waals surface area contributed by atoms with E-state index in [0.717, 1.165) is 12.1 Å². The van der Waals surface area contributed by atoms with Crippen LogP contribution in [0.1, 0.15) is 37.6 Å². The molecule has 0 aliphatic carbocycles. The largest absolute Gasteiger partial charge is 0.392 e. The molecule has 3 N–H and O–H groups in total. The Morgan fingerprint density at radius 1 is 1.16 bits per heavy atom. The van der Waals surface area contributed by atoms with Crippen LogP contribution in [0.15, 0.2) is 64.3 Å². The zero-order valence-corrected chi connectivity index (χ0v) is 24.7. The molecule has 0 bridgehead atoms. The third-order valence-electron chi connectivity index (χ3n) is 8.10. The molecule has 1 aliphatic rings. The summed E-state index contributed by atoms with van der Waals surface area (Å²) < 4.78 is 19.7. The number of halogens is 1. The first-order valence-corrected chi connectivity index (χ1v) is 14.2. The lowest BCUT2D eigenvalue weighted by atomic mass is 9.85. The van der Waals surface area contributed by atoms with Crippen LogP contribution in [-0.4, -0.2) is 35.3 Å². The first-order chi connectivity index (χ1) is 21.0. The van der Waals surface area contributed by atoms with Crippen LogP contribution in [-0.2, 0) is 32.2 Å². The number of pyridine rings is 1. The van der Waals surface area contributed by atoms with E-state index in [1.54, 1.807) is 50.2 Å². The maximum Gasteiger partial charge on any atom is 0.290 e. The minimum absolute atomic E-state index is 0.127. The molecule has 1 unspecified atom stereocenters. The van der Waals surface area contributed by atoms with Crippen LogP contribution < -0.4 is 21.8 Å². The molecular formula is C32H31FN8O3. The number of anilines is 2. The van der Waals surface area contributed by atoms with E-state index in [1.165, 1.54) is 28.6 Å². The van der Waals surface area contributed by atoms with Crippen molar-refractivity contribution in [1.82, 2.24) is 29.4 Å². The molecule has 3 aromatic heterocycles. The van der Waals surface area contributed by atoms with Gasteiger partial charge in [-0.05, 0) is 62.1 Å². The van der Waals surface area contributed by atoms with Gasteiger partial charge < -0.3 is 10.4 Å². The Balaban J connectivity index is 1.44. The lowest BCUT2D eigenvalue weighted by molar-refractivity contribution is 0.282. The van der Waals surface area contributed by atoms with Crippen molar-refractivity contribution in [3.63, 3.8) is 0 Å². The molecule has 6 rings (SSSR count). The zero-order valence-electron chi connectivity index (χ0n) is 24.7. The van der Waals surface area contributed by atoms with Gasteiger partial charge in [-0.2, -0.15) is 15.5 Å². The SMILES string of the molecule is CC1Cc2cc(Nc3cc(-c4cccc(-n5ccc6cc(C(C)(C)C#N)cc(F)c6c5=O)c4CO)nn(C)c3=O)nn2CN1. The Morgan fingerprint density at radius 3 is 2.70 bits per heavy atom. The van der Waals surface area contributed by atoms with E-state index in [4.69, 9.17) is 0 Å². The fraction of sp³-hybridized carbons (Fsp3) is 0.281. The number of nitriles is 1. The Hall–Kier alpha value is -5.12. The first kappa shape index (κ1) is 29.0. The van der Waals surface area contributed by atoms with Gasteiger partial charge in [-0.1, -0.05) is 12.1 Å². The summed E-state index contributed by atoms with van der Waals surface area (Å²) >= 11 is 0. The predicted molar refractivity (Wildman–Crippen MR) is 164 cm³/mol. The summed E-state index contributed by atoms with van der Waals surface area (Å²) in [5.41, 5.74) is 1.40. The van der Waals surface area contributed by atoms with Crippen LogP contribution in [0.5, 0.6) is 0 Å². The lowest BCUT2D eigenvalue weighted by Gasteiger charge is -2.20. The number of nitrogens with zero attached hydrogens (tertiary/aromatic N) is 6. The highest BCUT2D eigenvalue weighted by Gasteiger charge is 2.24. The van der Waals surface area contributed by atoms with Crippen molar-refractivity contribution in [2.24, 2.45) is 7.05 Å². The second-order valence-corrected chi connectivity index (χ2v) is 11.6. The average molecular weight is 595 g/mol. The number of aryl methyl sites for hydroxylation is 1. The third-order valence-corrected chi connectivity index (χ3v) is 8.10. The summed E-state index contributed by atoms with van der Waals surface area (Å²) in [6.07, 6.45) is 2.32. The molecule has 224 valence electrons. The Kier molecular flexibility index (Phi) is 7.15. The molecule has 5 aromatic rings. The maximum absolute atomic E-state index is 15.4. The molecule has 1 aliphatic heterocycles. The van der Waals surface area contributed by atoms with Crippen LogP contribution in [0.4, 0.5) is 15.9 Å². The second kappa shape index (κ2) is 10.9. The van der Waals surface area contributed by atoms with E-state index in [0.29, 0.717) is 52.0 Å². The number of rotatable bonds is 6. The summed E-state index contributed by atoms with van der Waals surface area (Å²) in [6, 6.07) is 15.5. The van der Waals surface area contributed by atoms with Gasteiger partial charge in [0.05, 0.1) is 41.5 Å². The monoisotopic (exact) mass is 594 g/mol. The Labute approximate surface area is 251 Å². The van der Waals surface area contributed by atoms with E-state index >= 15 is 4.39 Å². The van der Waals surface area contributed by atoms with Crippen LogP contribution in [0.25, 0.3) is 27.7 Å². The molecule has 4 heterocycles. The quantitative estimate of drug-likeness (QED) is 0.271. The van der Waals surface area contributed by atoms with E-state index in [2.05, 4.69) is 33.8 Å². The summed E-state index contributed by atoms with van der Waals surface area (Å²) in [7, 11) is 1.53. The molecule has 0 amide bonds. The molecule has 2 aromatic carbocycles. The van der Waals surface area contributed by atoms with Gasteiger partial charge in [-0.15, -0.1) is 0 Å². The molecule has 0 saturated carbocycles. The van der Waals surface area contributed by atoms with Crippen molar-refractivity contribution in [3.05, 3.63) is 98.1 Å². The lowest BCUT2D eigenvalue weighted by Crippen LogP contribution is -2.36. The normalized spacial score (nSPS) is 14.8. The van der Waals surface area contributed by atoms with Gasteiger partial charge in [-0.25, -0.2) is 9.07 Å². The van der Waals surface area contributed by atoms with Crippen molar-refractivity contribution in [2.75, 3.05) is 5.32 Å². The fourth-order valence-corrected chi connectivity index (χ4v) is 5.56. The second-order valence-electron chi connectivity index (χ2n) is 11.6. The van der Waals surface area contributed by atoms with Crippen molar-refractivity contribution < 1.29 is 9.50 Å². The van der Waals surface area contributed by atoms with Gasteiger partial charge in [0.15, 0.2) is 5.82 Å². The molecule has 0 radical (unpaired) electrons. The van der Waals surface area contributed by atoms with Crippen molar-refractivity contribution in [1.29, 1.82) is 5.26 Å². The van der Waals surface area contributed by atoms with Gasteiger partial charge in [-0.3, -0.25) is 24.2 Å². The predicted octanol–water partition coefficient (Wildman–Crippen LogP) is 3.62. The minimum Gasteiger partial charge on any atom is -0.392 e. The van der Waals surface area contributed by atoms with Gasteiger partial charge in [0, 0.05) is 48.6 Å². The van der Waals surface area contributed by atoms with Crippen LogP contribution in [0, 0.1) is 17.1 Å². The number of aliphatic hydroxyl groups is 1. The van der Waals surface area contributed by atoms with Crippen molar-refractivity contribution >= 4 is 22.3 Å². The molecule has 12 heteroatoms. The molecule has 1 atom stereocenters. The first-order valence-electron chi connectivity index (χ1n) is 14.2. The van der Waals surface area contributed by atoms with Gasteiger partial charge in [0.25, 0.3) is 11.1 Å². The summed E-state index contributed by atoms with van der Waals surface area (Å²) in [5, 5.41) is 35.7. The highest BCUT2D eigenvalue weighted by atomic mass is 19.1. The van der Waals surface area contributed by atoms with E-state index in [-0.39, 0.29) is 16.6 Å². The number of hydrogen-bond donors (Lipinski definition) is 3. The Morgan fingerprint density at radius 2 is 1.95 bits per heavy atom. The number of aliphatic hydroxyl groups excluding tert-OH is 1. The fourth-order valence-electron chi connectivity index (χ4n) is 5.56.